The fourth-order valence-corrected chi connectivity index (χ4v) is 194. The van der Waals surface area contributed by atoms with Crippen molar-refractivity contribution in [1.82, 2.24) is 0 Å². The summed E-state index contributed by atoms with van der Waals surface area (Å²) in [6.45, 7) is 135. The molecule has 0 unspecified atom stereocenters. The maximum Gasteiger partial charge on any atom is 0.314 e. The summed E-state index contributed by atoms with van der Waals surface area (Å²) in [5.74, 6) is 0. The Morgan fingerprint density at radius 3 is 0.0758 bits per heavy atom. The fraction of sp³-hybridized carbons (Fsp3) is 1.00. The summed E-state index contributed by atoms with van der Waals surface area (Å²) in [6, 6.07) is 0. The van der Waals surface area contributed by atoms with Gasteiger partial charge in [-0.3, -0.25) is 0 Å². The third-order valence-corrected chi connectivity index (χ3v) is 146. The Hall–Kier alpha value is 5.84. The molecule has 0 aromatic heterocycles. The number of hydrogen-bond donors (Lipinski definition) is 0. The maximum absolute atomic E-state index is 7.04. The fourth-order valence-electron chi connectivity index (χ4n) is 20.2. The highest BCUT2D eigenvalue weighted by atomic mass is 28.6. The minimum atomic E-state index is -2.95. The first-order valence-electron chi connectivity index (χ1n) is 46.5. The van der Waals surface area contributed by atoms with Crippen LogP contribution in [0, 0.1) is 0 Å². The van der Waals surface area contributed by atoms with Gasteiger partial charge in [-0.2, -0.15) is 0 Å². The molecule has 0 amide bonds. The highest BCUT2D eigenvalue weighted by Gasteiger charge is 2.60. The van der Waals surface area contributed by atoms with Crippen LogP contribution in [0.4, 0.5) is 0 Å². The van der Waals surface area contributed by atoms with Gasteiger partial charge in [-0.15, -0.1) is 0 Å². The average Bonchev–Trinajstić information content (AvgIpc) is 0.799. The molecule has 1 aliphatic heterocycles. The number of hydrogen-bond acceptors (Lipinski definition) is 33. The summed E-state index contributed by atoms with van der Waals surface area (Å²) >= 11 is 0. The lowest BCUT2D eigenvalue weighted by Crippen LogP contribution is -2.63. The van der Waals surface area contributed by atoms with Gasteiger partial charge in [-0.05, 0) is 432 Å². The van der Waals surface area contributed by atoms with Gasteiger partial charge in [0.25, 0.3) is 0 Å². The molecule has 0 spiro atoms. The van der Waals surface area contributed by atoms with Crippen molar-refractivity contribution < 1.29 is 136 Å². The largest absolute Gasteiger partial charge is 0.416 e. The van der Waals surface area contributed by atoms with Crippen molar-refractivity contribution >= 4 is 283 Å². The summed E-state index contributed by atoms with van der Waals surface area (Å²) in [6.07, 6.45) is 0. The Morgan fingerprint density at radius 2 is 0.0606 bits per heavy atom. The van der Waals surface area contributed by atoms with Crippen molar-refractivity contribution in [3.05, 3.63) is 0 Å². The highest BCUT2D eigenvalue weighted by Crippen LogP contribution is 2.40. The summed E-state index contributed by atoms with van der Waals surface area (Å²) in [4.78, 5) is 0. The Morgan fingerprint density at radius 1 is 0.0455 bits per heavy atom. The molecular formula is C66H198O33Si33. The lowest BCUT2D eigenvalue weighted by Gasteiger charge is -2.45. The molecule has 0 aromatic carbocycles. The van der Waals surface area contributed by atoms with Crippen molar-refractivity contribution in [2.24, 2.45) is 0 Å². The molecule has 1 rings (SSSR count). The van der Waals surface area contributed by atoms with Crippen LogP contribution in [0.25, 0.3) is 0 Å². The monoisotopic (exact) mass is 2440 g/mol. The molecule has 0 saturated carbocycles. The second kappa shape index (κ2) is 45.0. The summed E-state index contributed by atoms with van der Waals surface area (Å²) < 4.78 is 232. The molecule has 132 heavy (non-hydrogen) atoms. The molecular weight excluding hydrogens is 2250 g/mol. The molecule has 33 nitrogen and oxygen atoms in total. The Labute approximate surface area is 842 Å². The molecule has 1 fully saturated rings. The molecule has 66 heteroatoms. The van der Waals surface area contributed by atoms with E-state index in [0.29, 0.717) is 0 Å². The molecule has 0 aromatic rings. The van der Waals surface area contributed by atoms with Gasteiger partial charge in [0.2, 0.25) is 0 Å². The van der Waals surface area contributed by atoms with E-state index in [4.69, 9.17) is 136 Å². The van der Waals surface area contributed by atoms with Crippen LogP contribution < -0.4 is 0 Å². The second-order valence-electron chi connectivity index (χ2n) is 49.6. The normalized spacial score (nSPS) is 31.5. The van der Waals surface area contributed by atoms with Crippen LogP contribution in [-0.4, -0.2) is 283 Å². The first-order valence-corrected chi connectivity index (χ1v) is 139. The van der Waals surface area contributed by atoms with E-state index < -0.39 is 283 Å². The Balaban J connectivity index is 3.83. The van der Waals surface area contributed by atoms with Crippen LogP contribution in [0.1, 0.15) is 0 Å². The molecule has 792 valence electrons. The molecule has 1 heterocycles. The predicted molar refractivity (Wildman–Crippen MR) is 613 cm³/mol. The van der Waals surface area contributed by atoms with Gasteiger partial charge in [-0.25, -0.2) is 0 Å². The van der Waals surface area contributed by atoms with E-state index in [-0.39, 0.29) is 0 Å². The van der Waals surface area contributed by atoms with Crippen LogP contribution in [0.2, 0.25) is 432 Å². The lowest BCUT2D eigenvalue weighted by atomic mass is 11.9. The zero-order valence-electron chi connectivity index (χ0n) is 96.0. The molecule has 0 atom stereocenters. The zero-order chi connectivity index (χ0) is 106. The molecule has 0 aliphatic carbocycles. The van der Waals surface area contributed by atoms with Gasteiger partial charge in [-0.1, -0.05) is 0 Å². The van der Waals surface area contributed by atoms with E-state index in [9.17, 15) is 0 Å². The Kier molecular flexibility index (Phi) is 46.3. The van der Waals surface area contributed by atoms with E-state index in [1.807, 2.05) is 0 Å². The summed E-state index contributed by atoms with van der Waals surface area (Å²) in [5.41, 5.74) is 0. The van der Waals surface area contributed by atoms with Gasteiger partial charge < -0.3 is 136 Å². The van der Waals surface area contributed by atoms with Crippen molar-refractivity contribution in [2.75, 3.05) is 0 Å². The van der Waals surface area contributed by atoms with Gasteiger partial charge in [0.1, 0.15) is 0 Å². The summed E-state index contributed by atoms with van der Waals surface area (Å²) in [5, 5.41) is 0. The van der Waals surface area contributed by atoms with E-state index in [1.165, 1.54) is 0 Å². The average molecular weight is 2450 g/mol. The van der Waals surface area contributed by atoms with Crippen LogP contribution in [0.15, 0.2) is 0 Å². The van der Waals surface area contributed by atoms with Crippen LogP contribution in [0.5, 0.6) is 0 Å². The Bertz CT molecular complexity index is 2400. The minimum Gasteiger partial charge on any atom is -0.416 e. The van der Waals surface area contributed by atoms with E-state index in [1.54, 1.807) is 0 Å². The van der Waals surface area contributed by atoms with Gasteiger partial charge in [0.15, 0.2) is 0 Å². The molecule has 0 radical (unpaired) electrons. The van der Waals surface area contributed by atoms with E-state index in [2.05, 4.69) is 432 Å². The molecule has 0 bridgehead atoms. The van der Waals surface area contributed by atoms with Crippen LogP contribution >= 0.6 is 0 Å². The first kappa shape index (κ1) is 136. The third kappa shape index (κ3) is 59.4. The predicted octanol–water partition coefficient (Wildman–Crippen LogP) is 23.7. The topological polar surface area (TPSA) is 305 Å². The minimum absolute atomic E-state index is 2.05. The number of rotatable bonds is 0. The van der Waals surface area contributed by atoms with Crippen LogP contribution in [0.3, 0.4) is 0 Å². The zero-order valence-corrected chi connectivity index (χ0v) is 129. The van der Waals surface area contributed by atoms with Gasteiger partial charge >= 0.3 is 283 Å². The van der Waals surface area contributed by atoms with Crippen molar-refractivity contribution in [2.45, 2.75) is 432 Å². The van der Waals surface area contributed by atoms with Gasteiger partial charge in [0.05, 0.1) is 0 Å². The van der Waals surface area contributed by atoms with Crippen molar-refractivity contribution in [3.63, 3.8) is 0 Å². The van der Waals surface area contributed by atoms with E-state index in [0.717, 1.165) is 0 Å². The quantitative estimate of drug-likeness (QED) is 0.203. The smallest absolute Gasteiger partial charge is 0.314 e. The molecule has 1 aliphatic rings. The molecule has 0 N–H and O–H groups in total. The van der Waals surface area contributed by atoms with Gasteiger partial charge in [0, 0.05) is 0 Å². The van der Waals surface area contributed by atoms with Crippen LogP contribution in [-0.2, 0) is 136 Å². The summed E-state index contributed by atoms with van der Waals surface area (Å²) in [7, 11) is -97.4. The van der Waals surface area contributed by atoms with E-state index >= 15 is 0 Å². The second-order valence-corrected chi connectivity index (χ2v) is 169. The standard InChI is InChI=1S/C66H198O33Si33/c1-100(2)67-101(3,4)69-103(7,8)71-105(11,12)73-107(15,16)75-109(19,20)77-111(23,24)79-113(27,28)81-115(31,32)83-117(35,36)85-119(39,40)87-121(43,44)89-123(47,48)91-125(51,52)93-127(55,56)95-129(59,60)97-131(63,64)99-132(65,66)98-130(61,62)96-128(57,58)94-126(53,54)92-124(49,50)90-122(45,46)88-120(41,42)86-118(37,38)84-116(33,34)82-114(29,30)80-112(25,26)78-110(21,22)76-108(17,18)74-106(13,14)72-104(9,10)70-102(5,6)68-100/h1-66H3. The van der Waals surface area contributed by atoms with Crippen molar-refractivity contribution in [3.8, 4) is 0 Å². The lowest BCUT2D eigenvalue weighted by molar-refractivity contribution is 0.242. The molecule has 1 saturated heterocycles. The van der Waals surface area contributed by atoms with Crippen molar-refractivity contribution in [1.29, 1.82) is 0 Å². The third-order valence-electron chi connectivity index (χ3n) is 16.2. The maximum atomic E-state index is 7.04. The first-order chi connectivity index (χ1) is 56.3. The SMILES string of the molecule is C[Si]1(C)O[Si](C)(C)O[Si](C)(C)O[Si](C)(C)O[Si](C)(C)O[Si](C)(C)O[Si](C)(C)O[Si](C)(C)O[Si](C)(C)O[Si](C)(C)O[Si](C)(C)O[Si](C)(C)O[Si](C)(C)O[Si](C)(C)O[Si](C)(C)O[Si](C)(C)O[Si](C)(C)O[Si](C)(C)O[Si](C)(C)O[Si](C)(C)O[Si](C)(C)O[Si](C)(C)O[Si](C)(C)O[Si](C)(C)O[Si](C)(C)O[Si](C)(C)O[Si](C)(C)O[Si](C)(C)O[Si](C)(C)O[Si](C)(C)O[Si](C)(C)O[Si](C)(C)O[Si](C)(C)O1. The highest BCUT2D eigenvalue weighted by molar-refractivity contribution is 7.00.